The Morgan fingerprint density at radius 3 is 2.68 bits per heavy atom. The van der Waals surface area contributed by atoms with Crippen molar-refractivity contribution in [1.29, 1.82) is 0 Å². The Morgan fingerprint density at radius 1 is 1.13 bits per heavy atom. The molecule has 1 aliphatic heterocycles. The number of hydrogen-bond acceptors (Lipinski definition) is 4. The van der Waals surface area contributed by atoms with Gasteiger partial charge in [-0.25, -0.2) is 9.24 Å². The van der Waals surface area contributed by atoms with Gasteiger partial charge in [0.15, 0.2) is 5.69 Å². The number of aryl methyl sites for hydroxylation is 1. The van der Waals surface area contributed by atoms with E-state index in [-0.39, 0.29) is 29.0 Å². The van der Waals surface area contributed by atoms with Crippen molar-refractivity contribution in [2.24, 2.45) is 5.92 Å². The number of ether oxygens (including phenoxy) is 2. The number of carbonyl (C=O) groups excluding carboxylic acids is 2. The fourth-order valence-corrected chi connectivity index (χ4v) is 5.41. The first-order valence-electron chi connectivity index (χ1n) is 12.9. The first-order valence-corrected chi connectivity index (χ1v) is 12.9. The molecule has 3 aromatic rings. The van der Waals surface area contributed by atoms with E-state index in [0.717, 1.165) is 34.4 Å². The van der Waals surface area contributed by atoms with Crippen molar-refractivity contribution in [3.05, 3.63) is 89.0 Å². The average Bonchev–Trinajstić information content (AvgIpc) is 3.64. The highest BCUT2D eigenvalue weighted by Crippen LogP contribution is 2.61. The quantitative estimate of drug-likeness (QED) is 0.272. The molecular formula is C31H29FN2O4. The van der Waals surface area contributed by atoms with E-state index in [0.29, 0.717) is 50.3 Å². The van der Waals surface area contributed by atoms with Crippen LogP contribution in [0.1, 0.15) is 43.7 Å². The van der Waals surface area contributed by atoms with Crippen molar-refractivity contribution in [2.45, 2.75) is 44.4 Å². The molecule has 1 heterocycles. The normalized spacial score (nSPS) is 19.1. The van der Waals surface area contributed by atoms with E-state index < -0.39 is 0 Å². The summed E-state index contributed by atoms with van der Waals surface area (Å²) in [5.41, 5.74) is 4.50. The molecule has 0 aromatic heterocycles. The molecule has 0 radical (unpaired) electrons. The van der Waals surface area contributed by atoms with E-state index in [4.69, 9.17) is 16.0 Å². The molecule has 38 heavy (non-hydrogen) atoms. The molecule has 194 valence electrons. The molecule has 7 heteroatoms. The van der Waals surface area contributed by atoms with Crippen LogP contribution < -0.4 is 10.1 Å². The maximum atomic E-state index is 13.5. The van der Waals surface area contributed by atoms with Gasteiger partial charge in [0.2, 0.25) is 5.91 Å². The van der Waals surface area contributed by atoms with Gasteiger partial charge in [-0.3, -0.25) is 9.59 Å². The molecule has 1 fully saturated rings. The molecule has 2 atom stereocenters. The smallest absolute Gasteiger partial charge is 0.305 e. The Morgan fingerprint density at radius 2 is 1.92 bits per heavy atom. The second kappa shape index (κ2) is 10.7. The van der Waals surface area contributed by atoms with Crippen molar-refractivity contribution in [3.63, 3.8) is 0 Å². The number of anilines is 1. The lowest BCUT2D eigenvalue weighted by atomic mass is 9.85. The highest BCUT2D eigenvalue weighted by atomic mass is 19.1. The van der Waals surface area contributed by atoms with Gasteiger partial charge in [-0.05, 0) is 79.6 Å². The molecule has 5 rings (SSSR count). The lowest BCUT2D eigenvalue weighted by Crippen LogP contribution is -2.27. The monoisotopic (exact) mass is 512 g/mol. The van der Waals surface area contributed by atoms with Gasteiger partial charge in [-0.2, -0.15) is 0 Å². The van der Waals surface area contributed by atoms with Gasteiger partial charge in [0.05, 0.1) is 19.8 Å². The van der Waals surface area contributed by atoms with Crippen LogP contribution in [-0.2, 0) is 26.2 Å². The Hall–Kier alpha value is -4.18. The van der Waals surface area contributed by atoms with Crippen molar-refractivity contribution >= 4 is 23.3 Å². The summed E-state index contributed by atoms with van der Waals surface area (Å²) in [7, 11) is 0. The van der Waals surface area contributed by atoms with E-state index in [1.165, 1.54) is 12.1 Å². The zero-order valence-corrected chi connectivity index (χ0v) is 21.3. The Balaban J connectivity index is 1.35. The molecule has 6 nitrogen and oxygen atoms in total. The number of fused-ring (bicyclic) bond motifs is 2. The number of benzene rings is 3. The molecular weight excluding hydrogens is 483 g/mol. The number of rotatable bonds is 8. The average molecular weight is 513 g/mol. The van der Waals surface area contributed by atoms with Crippen LogP contribution >= 0.6 is 0 Å². The third-order valence-electron chi connectivity index (χ3n) is 7.50. The summed E-state index contributed by atoms with van der Waals surface area (Å²) in [4.78, 5) is 28.8. The highest BCUT2D eigenvalue weighted by Gasteiger charge is 2.61. The minimum Gasteiger partial charge on any atom is -0.493 e. The topological polar surface area (TPSA) is 69.0 Å². The van der Waals surface area contributed by atoms with E-state index in [1.807, 2.05) is 18.2 Å². The van der Waals surface area contributed by atoms with Crippen LogP contribution in [0.25, 0.3) is 16.0 Å². The summed E-state index contributed by atoms with van der Waals surface area (Å²) in [5, 5.41) is 3.08. The number of carbonyl (C=O) groups is 2. The lowest BCUT2D eigenvalue weighted by molar-refractivity contribution is -0.143. The molecule has 0 saturated heterocycles. The van der Waals surface area contributed by atoms with Gasteiger partial charge in [-0.15, -0.1) is 0 Å². The van der Waals surface area contributed by atoms with Gasteiger partial charge in [0, 0.05) is 29.0 Å². The predicted molar refractivity (Wildman–Crippen MR) is 143 cm³/mol. The molecule has 3 aromatic carbocycles. The molecule has 1 amide bonds. The van der Waals surface area contributed by atoms with E-state index >= 15 is 0 Å². The van der Waals surface area contributed by atoms with Gasteiger partial charge in [0.1, 0.15) is 11.6 Å². The molecule has 1 spiro atoms. The summed E-state index contributed by atoms with van der Waals surface area (Å²) in [6.45, 7) is 10.1. The summed E-state index contributed by atoms with van der Waals surface area (Å²) in [6, 6.07) is 17.6. The van der Waals surface area contributed by atoms with Crippen LogP contribution in [0.3, 0.4) is 0 Å². The highest BCUT2D eigenvalue weighted by molar-refractivity contribution is 5.97. The first-order chi connectivity index (χ1) is 18.4. The maximum absolute atomic E-state index is 13.5. The number of nitrogens with zero attached hydrogens (tertiary/aromatic N) is 1. The van der Waals surface area contributed by atoms with Crippen LogP contribution in [0.2, 0.25) is 0 Å². The van der Waals surface area contributed by atoms with Gasteiger partial charge < -0.3 is 14.8 Å². The third-order valence-corrected chi connectivity index (χ3v) is 7.50. The van der Waals surface area contributed by atoms with Gasteiger partial charge in [-0.1, -0.05) is 30.3 Å². The first kappa shape index (κ1) is 25.5. The number of nitrogens with one attached hydrogen (secondary N) is 1. The molecule has 1 saturated carbocycles. The van der Waals surface area contributed by atoms with Crippen LogP contribution in [0.5, 0.6) is 5.75 Å². The zero-order valence-electron chi connectivity index (χ0n) is 21.3. The molecule has 1 N–H and O–H groups in total. The SMILES string of the molecule is [C-]#[N+]c1ccc(CCCC(=O)OCC)c(NC(=O)[C@@H]2C[C@]23CCOc2ccc(-c4ccc(F)cc4)cc23)c1. The number of amides is 1. The van der Waals surface area contributed by atoms with Gasteiger partial charge in [0.25, 0.3) is 0 Å². The Labute approximate surface area is 221 Å². The summed E-state index contributed by atoms with van der Waals surface area (Å²) in [6.07, 6.45) is 2.91. The molecule has 0 bridgehead atoms. The summed E-state index contributed by atoms with van der Waals surface area (Å²) >= 11 is 0. The minimum atomic E-state index is -0.310. The number of halogens is 1. The van der Waals surface area contributed by atoms with E-state index in [1.54, 1.807) is 31.2 Å². The maximum Gasteiger partial charge on any atom is 0.305 e. The third kappa shape index (κ3) is 5.12. The lowest BCUT2D eigenvalue weighted by Gasteiger charge is -2.27. The molecule has 0 unspecified atom stereocenters. The Bertz CT molecular complexity index is 1410. The van der Waals surface area contributed by atoms with Crippen molar-refractivity contribution in [1.82, 2.24) is 0 Å². The Kier molecular flexibility index (Phi) is 7.15. The van der Waals surface area contributed by atoms with Crippen molar-refractivity contribution < 1.29 is 23.5 Å². The van der Waals surface area contributed by atoms with Crippen LogP contribution in [0.15, 0.2) is 60.7 Å². The van der Waals surface area contributed by atoms with E-state index in [9.17, 15) is 14.0 Å². The van der Waals surface area contributed by atoms with Crippen molar-refractivity contribution in [2.75, 3.05) is 18.5 Å². The zero-order chi connectivity index (χ0) is 26.7. The second-order valence-corrected chi connectivity index (χ2v) is 9.83. The second-order valence-electron chi connectivity index (χ2n) is 9.83. The van der Waals surface area contributed by atoms with E-state index in [2.05, 4.69) is 16.2 Å². The van der Waals surface area contributed by atoms with Crippen molar-refractivity contribution in [3.8, 4) is 16.9 Å². The number of esters is 1. The fraction of sp³-hybridized carbons (Fsp3) is 0.323. The van der Waals surface area contributed by atoms with Crippen LogP contribution in [0, 0.1) is 18.3 Å². The van der Waals surface area contributed by atoms with Crippen LogP contribution in [0.4, 0.5) is 15.8 Å². The largest absolute Gasteiger partial charge is 0.493 e. The van der Waals surface area contributed by atoms with Gasteiger partial charge >= 0.3 is 5.97 Å². The standard InChI is InChI=1S/C31H29FN2O4/c1-3-37-29(35)6-4-5-21-9-13-24(33-2)18-27(21)34-30(36)26-19-31(26)15-16-38-28-14-10-22(17-25(28)31)20-7-11-23(32)12-8-20/h7-14,17-18,26H,3-6,15-16,19H2,1H3,(H,34,36)/t26-,31-/m0/s1. The van der Waals surface area contributed by atoms with Crippen LogP contribution in [-0.4, -0.2) is 25.1 Å². The summed E-state index contributed by atoms with van der Waals surface area (Å²) < 4.78 is 24.4. The summed E-state index contributed by atoms with van der Waals surface area (Å²) in [5.74, 6) is -0.0505. The fourth-order valence-electron chi connectivity index (χ4n) is 5.41. The minimum absolute atomic E-state index is 0.0844. The number of hydrogen-bond donors (Lipinski definition) is 1. The molecule has 2 aliphatic rings. The molecule has 1 aliphatic carbocycles. The predicted octanol–water partition coefficient (Wildman–Crippen LogP) is 6.61.